The molecule has 0 atom stereocenters. The standard InChI is InChI=1S/C33H30O4/c1-35-31-16-12-29(13-17-31)33(28-10-4-3-5-11-28,30-14-18-32(36-2)19-15-30)37-23-27-21-25-9-7-6-8-24(25)20-26(27)22-34/h3-21,34H,22-23H2,1-2H3. The van der Waals surface area contributed by atoms with Crippen molar-refractivity contribution < 1.29 is 19.3 Å². The Balaban J connectivity index is 1.68. The topological polar surface area (TPSA) is 47.9 Å². The predicted molar refractivity (Wildman–Crippen MR) is 147 cm³/mol. The molecular formula is C33H30O4. The molecule has 0 amide bonds. The maximum atomic E-state index is 10.2. The third-order valence-electron chi connectivity index (χ3n) is 6.86. The fourth-order valence-electron chi connectivity index (χ4n) is 4.88. The second-order valence-electron chi connectivity index (χ2n) is 8.92. The van der Waals surface area contributed by atoms with Crippen LogP contribution in [0.3, 0.4) is 0 Å². The number of hydrogen-bond acceptors (Lipinski definition) is 4. The van der Waals surface area contributed by atoms with E-state index in [4.69, 9.17) is 14.2 Å². The Labute approximate surface area is 217 Å². The molecule has 0 fully saturated rings. The zero-order valence-corrected chi connectivity index (χ0v) is 21.1. The Bertz CT molecular complexity index is 1410. The van der Waals surface area contributed by atoms with Gasteiger partial charge in [0.05, 0.1) is 27.4 Å². The number of hydrogen-bond donors (Lipinski definition) is 1. The van der Waals surface area contributed by atoms with Gasteiger partial charge in [-0.05, 0) is 75.0 Å². The van der Waals surface area contributed by atoms with E-state index in [0.717, 1.165) is 50.1 Å². The van der Waals surface area contributed by atoms with Crippen molar-refractivity contribution in [2.24, 2.45) is 0 Å². The van der Waals surface area contributed by atoms with Crippen molar-refractivity contribution in [3.05, 3.63) is 143 Å². The Kier molecular flexibility index (Phi) is 7.22. The molecule has 4 nitrogen and oxygen atoms in total. The molecule has 5 aromatic rings. The van der Waals surface area contributed by atoms with E-state index in [9.17, 15) is 5.11 Å². The predicted octanol–water partition coefficient (Wildman–Crippen LogP) is 6.86. The second kappa shape index (κ2) is 10.9. The highest BCUT2D eigenvalue weighted by molar-refractivity contribution is 5.84. The van der Waals surface area contributed by atoms with E-state index in [1.807, 2.05) is 84.9 Å². The molecule has 37 heavy (non-hydrogen) atoms. The van der Waals surface area contributed by atoms with Crippen molar-refractivity contribution in [2.45, 2.75) is 18.8 Å². The van der Waals surface area contributed by atoms with Crippen LogP contribution in [0, 0.1) is 0 Å². The molecule has 0 unspecified atom stereocenters. The second-order valence-corrected chi connectivity index (χ2v) is 8.92. The number of benzene rings is 5. The van der Waals surface area contributed by atoms with Crippen molar-refractivity contribution in [1.82, 2.24) is 0 Å². The molecule has 0 aliphatic rings. The number of ether oxygens (including phenoxy) is 3. The number of methoxy groups -OCH3 is 2. The summed E-state index contributed by atoms with van der Waals surface area (Å²) in [5.74, 6) is 1.55. The van der Waals surface area contributed by atoms with Crippen LogP contribution in [0.5, 0.6) is 11.5 Å². The highest BCUT2D eigenvalue weighted by atomic mass is 16.5. The third kappa shape index (κ3) is 4.82. The summed E-state index contributed by atoms with van der Waals surface area (Å²) in [4.78, 5) is 0. The number of rotatable bonds is 9. The number of aliphatic hydroxyl groups excluding tert-OH is 1. The van der Waals surface area contributed by atoms with E-state index in [0.29, 0.717) is 6.61 Å². The molecule has 186 valence electrons. The van der Waals surface area contributed by atoms with Crippen molar-refractivity contribution in [2.75, 3.05) is 14.2 Å². The van der Waals surface area contributed by atoms with Gasteiger partial charge in [0.25, 0.3) is 0 Å². The highest BCUT2D eigenvalue weighted by Crippen LogP contribution is 2.42. The van der Waals surface area contributed by atoms with Gasteiger partial charge >= 0.3 is 0 Å². The summed E-state index contributed by atoms with van der Waals surface area (Å²) in [5, 5.41) is 12.4. The van der Waals surface area contributed by atoms with Gasteiger partial charge in [0.15, 0.2) is 0 Å². The van der Waals surface area contributed by atoms with Crippen molar-refractivity contribution >= 4 is 10.8 Å². The van der Waals surface area contributed by atoms with Crippen LogP contribution in [0.2, 0.25) is 0 Å². The summed E-state index contributed by atoms with van der Waals surface area (Å²) >= 11 is 0. The van der Waals surface area contributed by atoms with E-state index >= 15 is 0 Å². The molecule has 4 heteroatoms. The lowest BCUT2D eigenvalue weighted by Crippen LogP contribution is -2.33. The lowest BCUT2D eigenvalue weighted by Gasteiger charge is -2.36. The van der Waals surface area contributed by atoms with Gasteiger partial charge in [0.1, 0.15) is 17.1 Å². The van der Waals surface area contributed by atoms with Crippen LogP contribution in [0.4, 0.5) is 0 Å². The lowest BCUT2D eigenvalue weighted by molar-refractivity contribution is -0.000444. The fraction of sp³-hybridized carbons (Fsp3) is 0.152. The molecule has 0 saturated carbocycles. The molecule has 0 aromatic heterocycles. The van der Waals surface area contributed by atoms with Crippen LogP contribution in [0.25, 0.3) is 10.8 Å². The summed E-state index contributed by atoms with van der Waals surface area (Å²) in [7, 11) is 3.32. The average molecular weight is 491 g/mol. The molecular weight excluding hydrogens is 460 g/mol. The van der Waals surface area contributed by atoms with Gasteiger partial charge in [-0.1, -0.05) is 78.9 Å². The highest BCUT2D eigenvalue weighted by Gasteiger charge is 2.38. The minimum absolute atomic E-state index is 0.0626. The quantitative estimate of drug-likeness (QED) is 0.229. The van der Waals surface area contributed by atoms with Gasteiger partial charge in [-0.2, -0.15) is 0 Å². The number of fused-ring (bicyclic) bond motifs is 1. The summed E-state index contributed by atoms with van der Waals surface area (Å²) in [6.07, 6.45) is 0. The summed E-state index contributed by atoms with van der Waals surface area (Å²) < 4.78 is 17.9. The van der Waals surface area contributed by atoms with E-state index in [-0.39, 0.29) is 6.61 Å². The van der Waals surface area contributed by atoms with E-state index in [1.165, 1.54) is 0 Å². The Morgan fingerprint density at radius 2 is 1.03 bits per heavy atom. The molecule has 0 aliphatic heterocycles. The van der Waals surface area contributed by atoms with Crippen molar-refractivity contribution in [3.8, 4) is 11.5 Å². The summed E-state index contributed by atoms with van der Waals surface area (Å²) in [5.41, 5.74) is 3.82. The fourth-order valence-corrected chi connectivity index (χ4v) is 4.88. The first-order valence-corrected chi connectivity index (χ1v) is 12.3. The molecule has 0 aliphatic carbocycles. The van der Waals surface area contributed by atoms with Crippen LogP contribution in [-0.4, -0.2) is 19.3 Å². The van der Waals surface area contributed by atoms with Crippen molar-refractivity contribution in [3.63, 3.8) is 0 Å². The van der Waals surface area contributed by atoms with Crippen LogP contribution in [0.1, 0.15) is 27.8 Å². The molecule has 5 rings (SSSR count). The average Bonchev–Trinajstić information content (AvgIpc) is 2.98. The van der Waals surface area contributed by atoms with Crippen molar-refractivity contribution in [1.29, 1.82) is 0 Å². The van der Waals surface area contributed by atoms with E-state index in [2.05, 4.69) is 30.3 Å². The minimum Gasteiger partial charge on any atom is -0.497 e. The first kappa shape index (κ1) is 24.6. The molecule has 0 saturated heterocycles. The summed E-state index contributed by atoms with van der Waals surface area (Å²) in [6.45, 7) is 0.237. The van der Waals surface area contributed by atoms with Crippen LogP contribution < -0.4 is 9.47 Å². The largest absolute Gasteiger partial charge is 0.497 e. The normalized spacial score (nSPS) is 11.4. The van der Waals surface area contributed by atoms with Crippen LogP contribution in [-0.2, 0) is 23.6 Å². The Morgan fingerprint density at radius 3 is 1.51 bits per heavy atom. The van der Waals surface area contributed by atoms with Crippen LogP contribution >= 0.6 is 0 Å². The van der Waals surface area contributed by atoms with Crippen LogP contribution in [0.15, 0.2) is 115 Å². The SMILES string of the molecule is COc1ccc(C(OCc2cc3ccccc3cc2CO)(c2ccccc2)c2ccc(OC)cc2)cc1. The Hall–Kier alpha value is -4.12. The van der Waals surface area contributed by atoms with Gasteiger partial charge in [0.2, 0.25) is 0 Å². The first-order valence-electron chi connectivity index (χ1n) is 12.3. The van der Waals surface area contributed by atoms with Gasteiger partial charge in [-0.15, -0.1) is 0 Å². The van der Waals surface area contributed by atoms with Gasteiger partial charge in [-0.3, -0.25) is 0 Å². The molecule has 0 bridgehead atoms. The van der Waals surface area contributed by atoms with E-state index in [1.54, 1.807) is 14.2 Å². The minimum atomic E-state index is -0.918. The third-order valence-corrected chi connectivity index (χ3v) is 6.86. The first-order chi connectivity index (χ1) is 18.2. The van der Waals surface area contributed by atoms with Gasteiger partial charge in [0, 0.05) is 0 Å². The maximum absolute atomic E-state index is 10.2. The summed E-state index contributed by atoms with van der Waals surface area (Å²) in [6, 6.07) is 38.5. The monoisotopic (exact) mass is 490 g/mol. The maximum Gasteiger partial charge on any atom is 0.144 e. The molecule has 5 aromatic carbocycles. The Morgan fingerprint density at radius 1 is 0.568 bits per heavy atom. The zero-order valence-electron chi connectivity index (χ0n) is 21.1. The smallest absolute Gasteiger partial charge is 0.144 e. The molecule has 0 spiro atoms. The van der Waals surface area contributed by atoms with Gasteiger partial charge < -0.3 is 19.3 Å². The molecule has 1 N–H and O–H groups in total. The van der Waals surface area contributed by atoms with Gasteiger partial charge in [-0.25, -0.2) is 0 Å². The number of aliphatic hydroxyl groups is 1. The molecule has 0 radical (unpaired) electrons. The molecule has 0 heterocycles. The lowest BCUT2D eigenvalue weighted by atomic mass is 9.80. The zero-order chi connectivity index (χ0) is 25.7. The van der Waals surface area contributed by atoms with E-state index < -0.39 is 5.60 Å².